The van der Waals surface area contributed by atoms with Gasteiger partial charge in [-0.15, -0.1) is 0 Å². The summed E-state index contributed by atoms with van der Waals surface area (Å²) in [7, 11) is 0. The third-order valence-corrected chi connectivity index (χ3v) is 2.03. The smallest absolute Gasteiger partial charge is 0.131 e. The summed E-state index contributed by atoms with van der Waals surface area (Å²) in [5, 5.41) is 8.59. The lowest BCUT2D eigenvalue weighted by Gasteiger charge is -1.90. The molecule has 2 aromatic rings. The first-order chi connectivity index (χ1) is 5.81. The topological polar surface area (TPSA) is 41.6 Å². The molecule has 0 aromatic carbocycles. The molecule has 0 unspecified atom stereocenters. The fourth-order valence-electron chi connectivity index (χ4n) is 1.21. The molecule has 0 aliphatic carbocycles. The van der Waals surface area contributed by atoms with Crippen LogP contribution in [0.2, 0.25) is 5.15 Å². The highest BCUT2D eigenvalue weighted by Gasteiger charge is 2.03. The molecule has 62 valence electrons. The lowest BCUT2D eigenvalue weighted by molar-refractivity contribution is 0.988. The molecule has 0 saturated carbocycles. The van der Waals surface area contributed by atoms with Gasteiger partial charge in [0, 0.05) is 17.6 Å². The number of hydrogen-bond acceptors (Lipinski definition) is 2. The van der Waals surface area contributed by atoms with Crippen LogP contribution in [0, 0.1) is 0 Å². The monoisotopic (exact) mass is 181 g/mol. The van der Waals surface area contributed by atoms with E-state index in [4.69, 9.17) is 11.6 Å². The number of aromatic nitrogens is 3. The van der Waals surface area contributed by atoms with Gasteiger partial charge < -0.3 is 0 Å². The third kappa shape index (κ3) is 1.06. The lowest BCUT2D eigenvalue weighted by atomic mass is 10.2. The quantitative estimate of drug-likeness (QED) is 0.686. The highest BCUT2D eigenvalue weighted by atomic mass is 35.5. The van der Waals surface area contributed by atoms with Crippen molar-refractivity contribution in [2.45, 2.75) is 13.3 Å². The van der Waals surface area contributed by atoms with Crippen LogP contribution in [0.5, 0.6) is 0 Å². The summed E-state index contributed by atoms with van der Waals surface area (Å²) in [5.41, 5.74) is 1.99. The van der Waals surface area contributed by atoms with Crippen LogP contribution in [-0.4, -0.2) is 15.2 Å². The summed E-state index contributed by atoms with van der Waals surface area (Å²) < 4.78 is 0. The van der Waals surface area contributed by atoms with Gasteiger partial charge >= 0.3 is 0 Å². The Morgan fingerprint density at radius 1 is 1.58 bits per heavy atom. The number of nitrogens with one attached hydrogen (secondary N) is 1. The minimum absolute atomic E-state index is 0.494. The first-order valence-corrected chi connectivity index (χ1v) is 4.17. The molecule has 1 N–H and O–H groups in total. The Morgan fingerprint density at radius 3 is 3.17 bits per heavy atom. The van der Waals surface area contributed by atoms with Crippen molar-refractivity contribution >= 4 is 22.5 Å². The zero-order valence-corrected chi connectivity index (χ0v) is 7.39. The van der Waals surface area contributed by atoms with Crippen molar-refractivity contribution in [2.75, 3.05) is 0 Å². The van der Waals surface area contributed by atoms with E-state index in [-0.39, 0.29) is 0 Å². The zero-order chi connectivity index (χ0) is 8.55. The van der Waals surface area contributed by atoms with Gasteiger partial charge in [0.25, 0.3) is 0 Å². The summed E-state index contributed by atoms with van der Waals surface area (Å²) >= 11 is 5.71. The third-order valence-electron chi connectivity index (χ3n) is 1.83. The molecule has 0 spiro atoms. The molecule has 0 bridgehead atoms. The first kappa shape index (κ1) is 7.55. The second-order valence-electron chi connectivity index (χ2n) is 2.58. The van der Waals surface area contributed by atoms with Crippen LogP contribution in [0.25, 0.3) is 10.9 Å². The normalized spacial score (nSPS) is 10.8. The van der Waals surface area contributed by atoms with E-state index in [2.05, 4.69) is 22.1 Å². The molecule has 4 heteroatoms. The number of aromatic amines is 1. The molecule has 2 aromatic heterocycles. The van der Waals surface area contributed by atoms with Crippen molar-refractivity contribution in [3.8, 4) is 0 Å². The van der Waals surface area contributed by atoms with Crippen LogP contribution >= 0.6 is 11.6 Å². The van der Waals surface area contributed by atoms with Gasteiger partial charge in [0.2, 0.25) is 0 Å². The predicted molar refractivity (Wildman–Crippen MR) is 48.3 cm³/mol. The van der Waals surface area contributed by atoms with E-state index in [1.165, 1.54) is 0 Å². The average Bonchev–Trinajstić information content (AvgIpc) is 2.46. The van der Waals surface area contributed by atoms with Gasteiger partial charge in [0.05, 0.1) is 11.2 Å². The lowest BCUT2D eigenvalue weighted by Crippen LogP contribution is -1.80. The highest BCUT2D eigenvalue weighted by molar-refractivity contribution is 6.30. The average molecular weight is 182 g/mol. The SMILES string of the molecule is CCc1n[nH]c2cc(Cl)ncc12. The number of H-pyrrole nitrogens is 1. The number of nitrogens with zero attached hydrogens (tertiary/aromatic N) is 2. The molecule has 12 heavy (non-hydrogen) atoms. The molecular formula is C8H8ClN3. The van der Waals surface area contributed by atoms with Crippen molar-refractivity contribution in [3.63, 3.8) is 0 Å². The molecule has 0 aliphatic rings. The van der Waals surface area contributed by atoms with Crippen LogP contribution in [0.4, 0.5) is 0 Å². The Labute approximate surface area is 74.8 Å². The molecule has 0 saturated heterocycles. The Morgan fingerprint density at radius 2 is 2.42 bits per heavy atom. The predicted octanol–water partition coefficient (Wildman–Crippen LogP) is 2.17. The number of rotatable bonds is 1. The van der Waals surface area contributed by atoms with Gasteiger partial charge in [-0.25, -0.2) is 4.98 Å². The second-order valence-corrected chi connectivity index (χ2v) is 2.96. The molecule has 0 amide bonds. The molecule has 0 radical (unpaired) electrons. The molecule has 3 nitrogen and oxygen atoms in total. The summed E-state index contributed by atoms with van der Waals surface area (Å²) in [5.74, 6) is 0. The number of halogens is 1. The standard InChI is InChI=1S/C8H8ClN3/c1-2-6-5-4-10-8(9)3-7(5)12-11-6/h3-4H,2H2,1H3,(H,11,12). The summed E-state index contributed by atoms with van der Waals surface area (Å²) in [6.45, 7) is 2.06. The maximum absolute atomic E-state index is 5.71. The molecule has 2 heterocycles. The maximum atomic E-state index is 5.71. The number of pyridine rings is 1. The van der Waals surface area contributed by atoms with Gasteiger partial charge in [-0.3, -0.25) is 5.10 Å². The van der Waals surface area contributed by atoms with Crippen LogP contribution < -0.4 is 0 Å². The molecule has 0 aliphatic heterocycles. The second kappa shape index (κ2) is 2.75. The van der Waals surface area contributed by atoms with Crippen molar-refractivity contribution in [2.24, 2.45) is 0 Å². The number of hydrogen-bond donors (Lipinski definition) is 1. The van der Waals surface area contributed by atoms with Crippen molar-refractivity contribution in [3.05, 3.63) is 23.1 Å². The minimum atomic E-state index is 0.494. The van der Waals surface area contributed by atoms with E-state index < -0.39 is 0 Å². The minimum Gasteiger partial charge on any atom is -0.277 e. The van der Waals surface area contributed by atoms with Gasteiger partial charge in [-0.1, -0.05) is 18.5 Å². The Bertz CT molecular complexity index is 408. The Balaban J connectivity index is 2.73. The molecule has 2 rings (SSSR count). The summed E-state index contributed by atoms with van der Waals surface area (Å²) in [6, 6.07) is 1.78. The van der Waals surface area contributed by atoms with Crippen LogP contribution in [0.3, 0.4) is 0 Å². The van der Waals surface area contributed by atoms with Gasteiger partial charge in [0.1, 0.15) is 5.15 Å². The van der Waals surface area contributed by atoms with E-state index in [9.17, 15) is 0 Å². The van der Waals surface area contributed by atoms with Crippen LogP contribution in [-0.2, 0) is 6.42 Å². The highest BCUT2D eigenvalue weighted by Crippen LogP contribution is 2.17. The summed E-state index contributed by atoms with van der Waals surface area (Å²) in [6.07, 6.45) is 2.66. The fraction of sp³-hybridized carbons (Fsp3) is 0.250. The van der Waals surface area contributed by atoms with Gasteiger partial charge in [-0.05, 0) is 6.42 Å². The van der Waals surface area contributed by atoms with Gasteiger partial charge in [-0.2, -0.15) is 5.10 Å². The van der Waals surface area contributed by atoms with Crippen LogP contribution in [0.15, 0.2) is 12.3 Å². The fourth-order valence-corrected chi connectivity index (χ4v) is 1.37. The first-order valence-electron chi connectivity index (χ1n) is 3.79. The van der Waals surface area contributed by atoms with E-state index in [1.807, 2.05) is 0 Å². The van der Waals surface area contributed by atoms with E-state index >= 15 is 0 Å². The van der Waals surface area contributed by atoms with E-state index in [0.29, 0.717) is 5.15 Å². The largest absolute Gasteiger partial charge is 0.277 e. The Kier molecular flexibility index (Phi) is 1.73. The van der Waals surface area contributed by atoms with Crippen molar-refractivity contribution in [1.29, 1.82) is 0 Å². The van der Waals surface area contributed by atoms with Gasteiger partial charge in [0.15, 0.2) is 0 Å². The van der Waals surface area contributed by atoms with E-state index in [1.54, 1.807) is 12.3 Å². The number of fused-ring (bicyclic) bond motifs is 1. The van der Waals surface area contributed by atoms with E-state index in [0.717, 1.165) is 23.0 Å². The van der Waals surface area contributed by atoms with Crippen molar-refractivity contribution < 1.29 is 0 Å². The number of aryl methyl sites for hydroxylation is 1. The van der Waals surface area contributed by atoms with Crippen LogP contribution in [0.1, 0.15) is 12.6 Å². The molecular weight excluding hydrogens is 174 g/mol. The zero-order valence-electron chi connectivity index (χ0n) is 6.63. The molecule has 0 atom stereocenters. The summed E-state index contributed by atoms with van der Waals surface area (Å²) in [4.78, 5) is 3.99. The molecule has 0 fully saturated rings. The van der Waals surface area contributed by atoms with Crippen molar-refractivity contribution in [1.82, 2.24) is 15.2 Å². The maximum Gasteiger partial charge on any atom is 0.131 e. The Hall–Kier alpha value is -1.09.